The van der Waals surface area contributed by atoms with Crippen molar-refractivity contribution in [2.45, 2.75) is 6.92 Å². The molecule has 1 rings (SSSR count). The highest BCUT2D eigenvalue weighted by molar-refractivity contribution is 5.90. The number of nitrogens with zero attached hydrogens (tertiary/aromatic N) is 1. The van der Waals surface area contributed by atoms with Gasteiger partial charge in [-0.25, -0.2) is 4.98 Å². The topological polar surface area (TPSA) is 98.1 Å². The quantitative estimate of drug-likeness (QED) is 0.645. The van der Waals surface area contributed by atoms with Crippen LogP contribution in [-0.2, 0) is 0 Å². The van der Waals surface area contributed by atoms with Gasteiger partial charge in [0, 0.05) is 0 Å². The zero-order valence-corrected chi connectivity index (χ0v) is 7.03. The average Bonchev–Trinajstić information content (AvgIpc) is 2.04. The highest BCUT2D eigenvalue weighted by Crippen LogP contribution is 1.99. The minimum absolute atomic E-state index is 0.220. The second-order valence-corrected chi connectivity index (χ2v) is 2.22. The fourth-order valence-corrected chi connectivity index (χ4v) is 0.790. The number of carbonyl (C=O) groups excluding carboxylic acids is 1. The number of ether oxygens (including phenoxy) is 1. The van der Waals surface area contributed by atoms with Crippen molar-refractivity contribution in [1.29, 1.82) is 0 Å². The van der Waals surface area contributed by atoms with Gasteiger partial charge in [-0.15, -0.1) is 0 Å². The third kappa shape index (κ3) is 2.05. The first kappa shape index (κ1) is 9.24. The second-order valence-electron chi connectivity index (χ2n) is 2.22. The standard InChI is InChI=1S/C7H9N3O3/c1-2-13-4-3-9-5(6(8)11)7(12)10-4/h3H,2H2,1H3,(H2,8,11)(H,10,12). The van der Waals surface area contributed by atoms with Gasteiger partial charge in [-0.3, -0.25) is 14.6 Å². The average molecular weight is 183 g/mol. The summed E-state index contributed by atoms with van der Waals surface area (Å²) in [6, 6.07) is 0. The Balaban J connectivity index is 3.06. The fraction of sp³-hybridized carbons (Fsp3) is 0.286. The maximum absolute atomic E-state index is 11.1. The minimum Gasteiger partial charge on any atom is -0.478 e. The molecule has 0 spiro atoms. The molecule has 0 bridgehead atoms. The molecule has 0 aromatic carbocycles. The molecule has 0 aliphatic heterocycles. The van der Waals surface area contributed by atoms with Gasteiger partial charge in [-0.1, -0.05) is 0 Å². The van der Waals surface area contributed by atoms with Crippen LogP contribution in [0.2, 0.25) is 0 Å². The highest BCUT2D eigenvalue weighted by atomic mass is 16.5. The molecular weight excluding hydrogens is 174 g/mol. The van der Waals surface area contributed by atoms with Gasteiger partial charge in [0.25, 0.3) is 11.5 Å². The molecule has 1 heterocycles. The lowest BCUT2D eigenvalue weighted by Crippen LogP contribution is -2.25. The predicted octanol–water partition coefficient (Wildman–Crippen LogP) is -0.732. The van der Waals surface area contributed by atoms with Crippen molar-refractivity contribution in [3.05, 3.63) is 22.2 Å². The van der Waals surface area contributed by atoms with Gasteiger partial charge < -0.3 is 10.5 Å². The van der Waals surface area contributed by atoms with Crippen molar-refractivity contribution in [3.8, 4) is 5.88 Å². The number of hydrogen-bond acceptors (Lipinski definition) is 4. The number of nitrogens with one attached hydrogen (secondary N) is 1. The summed E-state index contributed by atoms with van der Waals surface area (Å²) in [5.41, 5.74) is 3.92. The van der Waals surface area contributed by atoms with Crippen LogP contribution in [-0.4, -0.2) is 22.5 Å². The van der Waals surface area contributed by atoms with Crippen molar-refractivity contribution >= 4 is 5.91 Å². The van der Waals surface area contributed by atoms with E-state index in [9.17, 15) is 9.59 Å². The molecular formula is C7H9N3O3. The first-order chi connectivity index (χ1) is 6.15. The first-order valence-electron chi connectivity index (χ1n) is 3.67. The zero-order chi connectivity index (χ0) is 9.84. The molecule has 1 aromatic rings. The van der Waals surface area contributed by atoms with E-state index in [1.54, 1.807) is 6.92 Å². The van der Waals surface area contributed by atoms with E-state index in [0.29, 0.717) is 6.61 Å². The number of amides is 1. The Morgan fingerprint density at radius 3 is 2.92 bits per heavy atom. The summed E-state index contributed by atoms with van der Waals surface area (Å²) in [7, 11) is 0. The molecule has 1 amide bonds. The summed E-state index contributed by atoms with van der Waals surface area (Å²) in [5, 5.41) is 0. The molecule has 0 saturated carbocycles. The van der Waals surface area contributed by atoms with Gasteiger partial charge in [0.15, 0.2) is 5.69 Å². The van der Waals surface area contributed by atoms with Gasteiger partial charge in [0.05, 0.1) is 12.8 Å². The number of H-pyrrole nitrogens is 1. The zero-order valence-electron chi connectivity index (χ0n) is 7.03. The van der Waals surface area contributed by atoms with Gasteiger partial charge in [-0.05, 0) is 6.92 Å². The maximum atomic E-state index is 11.1. The number of nitrogens with two attached hydrogens (primary N) is 1. The van der Waals surface area contributed by atoms with Crippen LogP contribution in [0.1, 0.15) is 17.4 Å². The SMILES string of the molecule is CCOc1cnc(C(N)=O)c(=O)[nH]1. The third-order valence-electron chi connectivity index (χ3n) is 1.30. The number of primary amides is 1. The molecule has 6 heteroatoms. The summed E-state index contributed by atoms with van der Waals surface area (Å²) >= 11 is 0. The van der Waals surface area contributed by atoms with Crippen LogP contribution in [0.5, 0.6) is 5.88 Å². The molecule has 3 N–H and O–H groups in total. The van der Waals surface area contributed by atoms with E-state index in [1.165, 1.54) is 6.20 Å². The van der Waals surface area contributed by atoms with E-state index in [4.69, 9.17) is 10.5 Å². The smallest absolute Gasteiger partial charge is 0.282 e. The van der Waals surface area contributed by atoms with E-state index in [1.807, 2.05) is 0 Å². The number of rotatable bonds is 3. The molecule has 70 valence electrons. The molecule has 1 aromatic heterocycles. The van der Waals surface area contributed by atoms with E-state index < -0.39 is 11.5 Å². The number of aromatic amines is 1. The summed E-state index contributed by atoms with van der Waals surface area (Å²) < 4.78 is 4.95. The maximum Gasteiger partial charge on any atom is 0.282 e. The molecule has 0 unspecified atom stereocenters. The molecule has 0 atom stereocenters. The van der Waals surface area contributed by atoms with E-state index in [2.05, 4.69) is 9.97 Å². The summed E-state index contributed by atoms with van der Waals surface area (Å²) in [6.45, 7) is 2.17. The molecule has 0 aliphatic carbocycles. The summed E-state index contributed by atoms with van der Waals surface area (Å²) in [6.07, 6.45) is 1.24. The van der Waals surface area contributed by atoms with Crippen LogP contribution in [0.4, 0.5) is 0 Å². The first-order valence-corrected chi connectivity index (χ1v) is 3.67. The van der Waals surface area contributed by atoms with Crippen LogP contribution < -0.4 is 16.0 Å². The predicted molar refractivity (Wildman–Crippen MR) is 44.5 cm³/mol. The molecule has 0 saturated heterocycles. The molecule has 6 nitrogen and oxygen atoms in total. The number of hydrogen-bond donors (Lipinski definition) is 2. The van der Waals surface area contributed by atoms with Crippen LogP contribution >= 0.6 is 0 Å². The normalized spacial score (nSPS) is 9.62. The Bertz CT molecular complexity index is 371. The van der Waals surface area contributed by atoms with E-state index in [0.717, 1.165) is 0 Å². The third-order valence-corrected chi connectivity index (χ3v) is 1.30. The lowest BCUT2D eigenvalue weighted by atomic mass is 10.4. The van der Waals surface area contributed by atoms with Gasteiger partial charge >= 0.3 is 0 Å². The summed E-state index contributed by atoms with van der Waals surface area (Å²) in [5.74, 6) is -0.637. The van der Waals surface area contributed by atoms with Crippen molar-refractivity contribution in [1.82, 2.24) is 9.97 Å². The van der Waals surface area contributed by atoms with E-state index >= 15 is 0 Å². The van der Waals surface area contributed by atoms with Crippen LogP contribution in [0, 0.1) is 0 Å². The van der Waals surface area contributed by atoms with E-state index in [-0.39, 0.29) is 11.6 Å². The van der Waals surface area contributed by atoms with Crippen molar-refractivity contribution < 1.29 is 9.53 Å². The Morgan fingerprint density at radius 2 is 2.46 bits per heavy atom. The van der Waals surface area contributed by atoms with Crippen molar-refractivity contribution in [2.24, 2.45) is 5.73 Å². The minimum atomic E-state index is -0.857. The Kier molecular flexibility index (Phi) is 2.63. The second kappa shape index (κ2) is 3.70. The number of carbonyl (C=O) groups is 1. The fourth-order valence-electron chi connectivity index (χ4n) is 0.790. The van der Waals surface area contributed by atoms with Crippen LogP contribution in [0.25, 0.3) is 0 Å². The Hall–Kier alpha value is -1.85. The van der Waals surface area contributed by atoms with Gasteiger partial charge in [-0.2, -0.15) is 0 Å². The van der Waals surface area contributed by atoms with Crippen LogP contribution in [0.15, 0.2) is 11.0 Å². The Labute approximate surface area is 73.7 Å². The van der Waals surface area contributed by atoms with Crippen molar-refractivity contribution in [3.63, 3.8) is 0 Å². The lowest BCUT2D eigenvalue weighted by molar-refractivity contribution is 0.0994. The molecule has 0 fully saturated rings. The number of aromatic nitrogens is 2. The summed E-state index contributed by atoms with van der Waals surface area (Å²) in [4.78, 5) is 27.5. The van der Waals surface area contributed by atoms with Crippen LogP contribution in [0.3, 0.4) is 0 Å². The Morgan fingerprint density at radius 1 is 1.77 bits per heavy atom. The largest absolute Gasteiger partial charge is 0.478 e. The highest BCUT2D eigenvalue weighted by Gasteiger charge is 2.08. The molecule has 0 aliphatic rings. The molecule has 13 heavy (non-hydrogen) atoms. The molecule has 0 radical (unpaired) electrons. The lowest BCUT2D eigenvalue weighted by Gasteiger charge is -2.01. The monoisotopic (exact) mass is 183 g/mol. The van der Waals surface area contributed by atoms with Gasteiger partial charge in [0.1, 0.15) is 0 Å². The van der Waals surface area contributed by atoms with Gasteiger partial charge in [0.2, 0.25) is 5.88 Å². The van der Waals surface area contributed by atoms with Crippen molar-refractivity contribution in [2.75, 3.05) is 6.61 Å².